The van der Waals surface area contributed by atoms with Crippen molar-refractivity contribution in [3.63, 3.8) is 0 Å². The summed E-state index contributed by atoms with van der Waals surface area (Å²) in [5.74, 6) is 0.117. The largest absolute Gasteiger partial charge is 0.356 e. The zero-order valence-electron chi connectivity index (χ0n) is 15.8. The van der Waals surface area contributed by atoms with E-state index in [-0.39, 0.29) is 17.7 Å². The van der Waals surface area contributed by atoms with Gasteiger partial charge in [-0.15, -0.1) is 11.3 Å². The molecule has 0 aliphatic carbocycles. The smallest absolute Gasteiger partial charge is 0.261 e. The lowest BCUT2D eigenvalue weighted by Crippen LogP contribution is -2.28. The minimum Gasteiger partial charge on any atom is -0.356 e. The van der Waals surface area contributed by atoms with Crippen molar-refractivity contribution in [1.29, 1.82) is 0 Å². The van der Waals surface area contributed by atoms with Crippen LogP contribution in [0.15, 0.2) is 36.4 Å². The highest BCUT2D eigenvalue weighted by atomic mass is 32.1. The van der Waals surface area contributed by atoms with Gasteiger partial charge in [0.2, 0.25) is 5.91 Å². The highest BCUT2D eigenvalue weighted by molar-refractivity contribution is 7.20. The normalized spacial score (nSPS) is 11.1. The van der Waals surface area contributed by atoms with Gasteiger partial charge in [0, 0.05) is 25.4 Å². The Hall–Kier alpha value is -2.67. The number of fused-ring (bicyclic) bond motifs is 1. The van der Waals surface area contributed by atoms with Crippen LogP contribution in [0.5, 0.6) is 0 Å². The van der Waals surface area contributed by atoms with Crippen molar-refractivity contribution < 1.29 is 9.59 Å². The van der Waals surface area contributed by atoms with E-state index in [1.54, 1.807) is 0 Å². The number of nitrogens with zero attached hydrogens (tertiary/aromatic N) is 2. The van der Waals surface area contributed by atoms with Gasteiger partial charge in [0.25, 0.3) is 5.91 Å². The van der Waals surface area contributed by atoms with Gasteiger partial charge in [-0.25, -0.2) is 4.68 Å². The number of nitrogens with one attached hydrogen (secondary N) is 2. The summed E-state index contributed by atoms with van der Waals surface area (Å²) in [5.41, 5.74) is 1.98. The van der Waals surface area contributed by atoms with Crippen LogP contribution in [-0.2, 0) is 4.79 Å². The lowest BCUT2D eigenvalue weighted by atomic mass is 10.1. The third kappa shape index (κ3) is 4.36. The Bertz CT molecular complexity index is 944. The zero-order valence-corrected chi connectivity index (χ0v) is 16.6. The molecular weight excluding hydrogens is 360 g/mol. The molecule has 2 N–H and O–H groups in total. The molecule has 0 spiro atoms. The number of carbonyl (C=O) groups is 2. The molecule has 0 aliphatic heterocycles. The van der Waals surface area contributed by atoms with Gasteiger partial charge in [-0.05, 0) is 30.5 Å². The molecule has 2 heterocycles. The van der Waals surface area contributed by atoms with Crippen molar-refractivity contribution in [2.45, 2.75) is 33.1 Å². The molecule has 0 fully saturated rings. The predicted molar refractivity (Wildman–Crippen MR) is 109 cm³/mol. The second-order valence-corrected chi connectivity index (χ2v) is 7.74. The van der Waals surface area contributed by atoms with Gasteiger partial charge in [0.15, 0.2) is 0 Å². The maximum Gasteiger partial charge on any atom is 0.261 e. The molecule has 0 atom stereocenters. The van der Waals surface area contributed by atoms with Gasteiger partial charge < -0.3 is 10.6 Å². The summed E-state index contributed by atoms with van der Waals surface area (Å²) < 4.78 is 1.92. The molecule has 2 aromatic heterocycles. The summed E-state index contributed by atoms with van der Waals surface area (Å²) in [4.78, 5) is 25.0. The molecule has 3 rings (SSSR count). The molecule has 7 heteroatoms. The van der Waals surface area contributed by atoms with Crippen molar-refractivity contribution in [2.24, 2.45) is 0 Å². The van der Waals surface area contributed by atoms with Gasteiger partial charge in [0.1, 0.15) is 4.83 Å². The molecule has 0 radical (unpaired) electrons. The topological polar surface area (TPSA) is 76.0 Å². The third-order valence-electron chi connectivity index (χ3n) is 4.17. The Balaban J connectivity index is 1.81. The number of hydrogen-bond donors (Lipinski definition) is 2. The fourth-order valence-corrected chi connectivity index (χ4v) is 3.91. The average Bonchev–Trinajstić information content (AvgIpc) is 3.21. The summed E-state index contributed by atoms with van der Waals surface area (Å²) >= 11 is 1.45. The number of amides is 2. The van der Waals surface area contributed by atoms with E-state index in [1.165, 1.54) is 18.3 Å². The first kappa shape index (κ1) is 19.1. The van der Waals surface area contributed by atoms with E-state index < -0.39 is 0 Å². The standard InChI is InChI=1S/C20H24N4O2S/c1-13(2)18-16-12-17(19(26)22-11-7-10-21-14(3)25)27-20(16)24(23-18)15-8-5-4-6-9-15/h4-6,8-9,12-13H,7,10-11H2,1-3H3,(H,21,25)(H,22,26). The van der Waals surface area contributed by atoms with Crippen LogP contribution in [-0.4, -0.2) is 34.7 Å². The van der Waals surface area contributed by atoms with Crippen LogP contribution in [0.1, 0.15) is 48.5 Å². The van der Waals surface area contributed by atoms with E-state index >= 15 is 0 Å². The molecule has 0 saturated heterocycles. The van der Waals surface area contributed by atoms with Crippen molar-refractivity contribution in [3.8, 4) is 5.69 Å². The summed E-state index contributed by atoms with van der Waals surface area (Å²) in [6.45, 7) is 6.78. The Morgan fingerprint density at radius 2 is 1.85 bits per heavy atom. The van der Waals surface area contributed by atoms with Gasteiger partial charge in [-0.2, -0.15) is 5.10 Å². The van der Waals surface area contributed by atoms with Crippen LogP contribution in [0.3, 0.4) is 0 Å². The van der Waals surface area contributed by atoms with Crippen LogP contribution >= 0.6 is 11.3 Å². The van der Waals surface area contributed by atoms with Crippen molar-refractivity contribution in [2.75, 3.05) is 13.1 Å². The fourth-order valence-electron chi connectivity index (χ4n) is 2.85. The van der Waals surface area contributed by atoms with E-state index in [1.807, 2.05) is 41.1 Å². The van der Waals surface area contributed by atoms with Crippen molar-refractivity contribution in [3.05, 3.63) is 47.0 Å². The lowest BCUT2D eigenvalue weighted by molar-refractivity contribution is -0.118. The first-order valence-electron chi connectivity index (χ1n) is 9.08. The molecule has 142 valence electrons. The van der Waals surface area contributed by atoms with E-state index in [4.69, 9.17) is 5.10 Å². The number of thiophene rings is 1. The highest BCUT2D eigenvalue weighted by Crippen LogP contribution is 2.33. The monoisotopic (exact) mass is 384 g/mol. The minimum absolute atomic E-state index is 0.0579. The number of aromatic nitrogens is 2. The Morgan fingerprint density at radius 3 is 2.52 bits per heavy atom. The molecule has 0 aliphatic rings. The SMILES string of the molecule is CC(=O)NCCCNC(=O)c1cc2c(C(C)C)nn(-c3ccccc3)c2s1. The summed E-state index contributed by atoms with van der Waals surface area (Å²) in [5, 5.41) is 11.5. The second-order valence-electron chi connectivity index (χ2n) is 6.71. The Labute approximate surface area is 162 Å². The van der Waals surface area contributed by atoms with Crippen LogP contribution in [0, 0.1) is 0 Å². The van der Waals surface area contributed by atoms with Crippen LogP contribution < -0.4 is 10.6 Å². The zero-order chi connectivity index (χ0) is 19.4. The average molecular weight is 385 g/mol. The third-order valence-corrected chi connectivity index (χ3v) is 5.28. The first-order valence-corrected chi connectivity index (χ1v) is 9.89. The van der Waals surface area contributed by atoms with E-state index in [0.29, 0.717) is 24.4 Å². The van der Waals surface area contributed by atoms with E-state index in [9.17, 15) is 9.59 Å². The number of rotatable bonds is 7. The minimum atomic E-state index is -0.0895. The summed E-state index contributed by atoms with van der Waals surface area (Å²) in [6.07, 6.45) is 0.700. The molecule has 3 aromatic rings. The van der Waals surface area contributed by atoms with Crippen molar-refractivity contribution >= 4 is 33.4 Å². The van der Waals surface area contributed by atoms with E-state index in [2.05, 4.69) is 24.5 Å². The molecule has 27 heavy (non-hydrogen) atoms. The molecular formula is C20H24N4O2S. The maximum atomic E-state index is 12.5. The second kappa shape index (κ2) is 8.35. The number of carbonyl (C=O) groups excluding carboxylic acids is 2. The molecule has 0 unspecified atom stereocenters. The van der Waals surface area contributed by atoms with E-state index in [0.717, 1.165) is 21.6 Å². The van der Waals surface area contributed by atoms with Gasteiger partial charge in [-0.1, -0.05) is 32.0 Å². The van der Waals surface area contributed by atoms with Crippen molar-refractivity contribution in [1.82, 2.24) is 20.4 Å². The number of benzene rings is 1. The van der Waals surface area contributed by atoms with Crippen LogP contribution in [0.25, 0.3) is 15.9 Å². The van der Waals surface area contributed by atoms with Gasteiger partial charge in [-0.3, -0.25) is 9.59 Å². The van der Waals surface area contributed by atoms with Gasteiger partial charge in [0.05, 0.1) is 16.3 Å². The molecule has 0 saturated carbocycles. The van der Waals surface area contributed by atoms with Crippen LogP contribution in [0.4, 0.5) is 0 Å². The first-order chi connectivity index (χ1) is 13.0. The molecule has 1 aromatic carbocycles. The molecule has 0 bridgehead atoms. The molecule has 2 amide bonds. The molecule has 6 nitrogen and oxygen atoms in total. The summed E-state index contributed by atoms with van der Waals surface area (Å²) in [7, 11) is 0. The number of para-hydroxylation sites is 1. The maximum absolute atomic E-state index is 12.5. The highest BCUT2D eigenvalue weighted by Gasteiger charge is 2.20. The quantitative estimate of drug-likeness (QED) is 0.613. The predicted octanol–water partition coefficient (Wildman–Crippen LogP) is 3.47. The van der Waals surface area contributed by atoms with Crippen LogP contribution in [0.2, 0.25) is 0 Å². The van der Waals surface area contributed by atoms with Gasteiger partial charge >= 0.3 is 0 Å². The Morgan fingerprint density at radius 1 is 1.15 bits per heavy atom. The fraction of sp³-hybridized carbons (Fsp3) is 0.350. The Kier molecular flexibility index (Phi) is 5.91. The lowest BCUT2D eigenvalue weighted by Gasteiger charge is -2.05. The summed E-state index contributed by atoms with van der Waals surface area (Å²) in [6, 6.07) is 11.9. The number of hydrogen-bond acceptors (Lipinski definition) is 4.